The van der Waals surface area contributed by atoms with E-state index in [1.54, 1.807) is 0 Å². The molecule has 0 radical (unpaired) electrons. The summed E-state index contributed by atoms with van der Waals surface area (Å²) in [5.41, 5.74) is 0.328. The first kappa shape index (κ1) is 15.7. The number of carbonyl (C=O) groups excluding carboxylic acids is 1. The Balaban J connectivity index is 0.00000162. The highest BCUT2D eigenvalue weighted by Crippen LogP contribution is 2.32. The van der Waals surface area contributed by atoms with Gasteiger partial charge in [-0.3, -0.25) is 9.69 Å². The van der Waals surface area contributed by atoms with E-state index in [-0.39, 0.29) is 18.4 Å². The second-order valence-corrected chi connectivity index (χ2v) is 5.68. The molecule has 1 aliphatic heterocycles. The van der Waals surface area contributed by atoms with Crippen LogP contribution in [0.5, 0.6) is 0 Å². The molecule has 1 aliphatic carbocycles. The molecule has 0 aromatic rings. The van der Waals surface area contributed by atoms with E-state index >= 15 is 0 Å². The van der Waals surface area contributed by atoms with Crippen LogP contribution in [0.3, 0.4) is 0 Å². The Morgan fingerprint density at radius 3 is 2.72 bits per heavy atom. The molecule has 106 valence electrons. The first-order valence-corrected chi connectivity index (χ1v) is 6.73. The number of esters is 1. The Morgan fingerprint density at radius 1 is 1.50 bits per heavy atom. The second-order valence-electron chi connectivity index (χ2n) is 5.68. The second kappa shape index (κ2) is 6.73. The van der Waals surface area contributed by atoms with Crippen molar-refractivity contribution in [3.8, 4) is 0 Å². The van der Waals surface area contributed by atoms with E-state index in [9.17, 15) is 4.79 Å². The summed E-state index contributed by atoms with van der Waals surface area (Å²) in [6.07, 6.45) is 3.69. The van der Waals surface area contributed by atoms with E-state index in [2.05, 4.69) is 17.1 Å². The Bertz CT molecular complexity index is 276. The highest BCUT2D eigenvalue weighted by Gasteiger charge is 2.37. The summed E-state index contributed by atoms with van der Waals surface area (Å²) in [6.45, 7) is 8.32. The average Bonchev–Trinajstić information content (AvgIpc) is 3.02. The zero-order valence-electron chi connectivity index (χ0n) is 11.4. The topological polar surface area (TPSA) is 41.6 Å². The minimum atomic E-state index is -0.0750. The van der Waals surface area contributed by atoms with Crippen LogP contribution < -0.4 is 5.32 Å². The van der Waals surface area contributed by atoms with Crippen molar-refractivity contribution in [2.24, 2.45) is 5.41 Å². The lowest BCUT2D eigenvalue weighted by molar-refractivity contribution is -0.144. The van der Waals surface area contributed by atoms with Gasteiger partial charge in [0.2, 0.25) is 0 Å². The number of halogens is 1. The number of nitrogens with zero attached hydrogens (tertiary/aromatic N) is 1. The van der Waals surface area contributed by atoms with Gasteiger partial charge in [-0.2, -0.15) is 0 Å². The fraction of sp³-hybridized carbons (Fsp3) is 0.923. The fourth-order valence-corrected chi connectivity index (χ4v) is 2.62. The fourth-order valence-electron chi connectivity index (χ4n) is 2.62. The third kappa shape index (κ3) is 4.41. The molecule has 1 saturated carbocycles. The van der Waals surface area contributed by atoms with Crippen molar-refractivity contribution in [3.63, 3.8) is 0 Å². The predicted molar refractivity (Wildman–Crippen MR) is 74.1 cm³/mol. The molecule has 1 unspecified atom stereocenters. The van der Waals surface area contributed by atoms with Crippen LogP contribution in [0.4, 0.5) is 0 Å². The van der Waals surface area contributed by atoms with Crippen molar-refractivity contribution >= 4 is 18.4 Å². The summed E-state index contributed by atoms with van der Waals surface area (Å²) in [7, 11) is 0. The van der Waals surface area contributed by atoms with Gasteiger partial charge in [-0.1, -0.05) is 6.92 Å². The maximum Gasteiger partial charge on any atom is 0.320 e. The molecule has 1 N–H and O–H groups in total. The Hall–Kier alpha value is -0.320. The lowest BCUT2D eigenvalue weighted by Gasteiger charge is -2.31. The van der Waals surface area contributed by atoms with Gasteiger partial charge in [0.25, 0.3) is 0 Å². The Kier molecular flexibility index (Phi) is 5.89. The summed E-state index contributed by atoms with van der Waals surface area (Å²) >= 11 is 0. The number of nitrogens with one attached hydrogen (secondary N) is 1. The van der Waals surface area contributed by atoms with Crippen LogP contribution in [0.15, 0.2) is 0 Å². The van der Waals surface area contributed by atoms with E-state index < -0.39 is 0 Å². The van der Waals surface area contributed by atoms with Gasteiger partial charge in [-0.15, -0.1) is 12.4 Å². The van der Waals surface area contributed by atoms with Crippen LogP contribution in [0.1, 0.15) is 33.1 Å². The molecule has 0 aromatic heterocycles. The molecule has 2 fully saturated rings. The van der Waals surface area contributed by atoms with Crippen molar-refractivity contribution in [1.82, 2.24) is 10.2 Å². The van der Waals surface area contributed by atoms with Gasteiger partial charge < -0.3 is 10.1 Å². The molecule has 0 amide bonds. The Morgan fingerprint density at radius 2 is 2.22 bits per heavy atom. The quantitative estimate of drug-likeness (QED) is 0.746. The third-order valence-corrected chi connectivity index (χ3v) is 3.74. The summed E-state index contributed by atoms with van der Waals surface area (Å²) in [6, 6.07) is 0.622. The monoisotopic (exact) mass is 276 g/mol. The van der Waals surface area contributed by atoms with E-state index in [1.165, 1.54) is 19.3 Å². The minimum Gasteiger partial charge on any atom is -0.465 e. The first-order valence-electron chi connectivity index (χ1n) is 6.73. The van der Waals surface area contributed by atoms with Gasteiger partial charge in [0.05, 0.1) is 13.2 Å². The molecular formula is C13H25ClN2O2. The van der Waals surface area contributed by atoms with Crippen molar-refractivity contribution < 1.29 is 9.53 Å². The maximum absolute atomic E-state index is 11.6. The summed E-state index contributed by atoms with van der Waals surface area (Å²) in [4.78, 5) is 13.9. The smallest absolute Gasteiger partial charge is 0.320 e. The van der Waals surface area contributed by atoms with E-state index in [1.807, 2.05) is 6.92 Å². The molecule has 1 heterocycles. The van der Waals surface area contributed by atoms with Gasteiger partial charge >= 0.3 is 5.97 Å². The lowest BCUT2D eigenvalue weighted by Crippen LogP contribution is -2.41. The van der Waals surface area contributed by atoms with Gasteiger partial charge in [0, 0.05) is 19.1 Å². The number of ether oxygens (including phenoxy) is 1. The van der Waals surface area contributed by atoms with Gasteiger partial charge in [-0.25, -0.2) is 0 Å². The van der Waals surface area contributed by atoms with Crippen LogP contribution >= 0.6 is 12.4 Å². The third-order valence-electron chi connectivity index (χ3n) is 3.74. The van der Waals surface area contributed by atoms with Crippen LogP contribution in [0, 0.1) is 5.41 Å². The van der Waals surface area contributed by atoms with Crippen LogP contribution in [0.2, 0.25) is 0 Å². The number of hydrogen-bond donors (Lipinski definition) is 1. The molecule has 0 aromatic carbocycles. The standard InChI is InChI=1S/C13H24N2O2.ClH/c1-3-17-12(16)8-15(11-4-5-11)10-13(2)6-7-14-9-13;/h11,14H,3-10H2,1-2H3;1H. The molecule has 1 atom stereocenters. The molecule has 2 rings (SSSR count). The van der Waals surface area contributed by atoms with Crippen molar-refractivity contribution in [3.05, 3.63) is 0 Å². The number of hydrogen-bond acceptors (Lipinski definition) is 4. The average molecular weight is 277 g/mol. The summed E-state index contributed by atoms with van der Waals surface area (Å²) in [5.74, 6) is -0.0750. The molecule has 0 spiro atoms. The highest BCUT2D eigenvalue weighted by atomic mass is 35.5. The molecule has 18 heavy (non-hydrogen) atoms. The van der Waals surface area contributed by atoms with Gasteiger partial charge in [0.15, 0.2) is 0 Å². The minimum absolute atomic E-state index is 0. The molecule has 2 aliphatic rings. The van der Waals surface area contributed by atoms with Crippen molar-refractivity contribution in [2.45, 2.75) is 39.2 Å². The lowest BCUT2D eigenvalue weighted by atomic mass is 9.89. The van der Waals surface area contributed by atoms with Crippen molar-refractivity contribution in [1.29, 1.82) is 0 Å². The van der Waals surface area contributed by atoms with E-state index in [0.717, 1.165) is 19.6 Å². The van der Waals surface area contributed by atoms with Gasteiger partial charge in [0.1, 0.15) is 0 Å². The highest BCUT2D eigenvalue weighted by molar-refractivity contribution is 5.85. The Labute approximate surface area is 116 Å². The maximum atomic E-state index is 11.6. The predicted octanol–water partition coefficient (Wildman–Crippen LogP) is 1.44. The van der Waals surface area contributed by atoms with Crippen LogP contribution in [0.25, 0.3) is 0 Å². The number of rotatable bonds is 6. The summed E-state index contributed by atoms with van der Waals surface area (Å²) < 4.78 is 5.05. The molecule has 1 saturated heterocycles. The van der Waals surface area contributed by atoms with E-state index in [4.69, 9.17) is 4.74 Å². The normalized spacial score (nSPS) is 27.1. The zero-order valence-corrected chi connectivity index (χ0v) is 12.2. The van der Waals surface area contributed by atoms with Crippen LogP contribution in [-0.2, 0) is 9.53 Å². The van der Waals surface area contributed by atoms with Crippen LogP contribution in [-0.4, -0.2) is 49.7 Å². The largest absolute Gasteiger partial charge is 0.465 e. The molecule has 0 bridgehead atoms. The first-order chi connectivity index (χ1) is 8.13. The van der Waals surface area contributed by atoms with Gasteiger partial charge in [-0.05, 0) is 38.1 Å². The molecule has 4 nitrogen and oxygen atoms in total. The number of carbonyl (C=O) groups is 1. The van der Waals surface area contributed by atoms with Crippen molar-refractivity contribution in [2.75, 3.05) is 32.8 Å². The molecule has 5 heteroatoms. The summed E-state index contributed by atoms with van der Waals surface area (Å²) in [5, 5.41) is 3.41. The molecular weight excluding hydrogens is 252 g/mol. The SMILES string of the molecule is CCOC(=O)CN(CC1(C)CCNC1)C1CC1.Cl. The van der Waals surface area contributed by atoms with E-state index in [0.29, 0.717) is 24.6 Å². The zero-order chi connectivity index (χ0) is 12.3.